The average Bonchev–Trinajstić information content (AvgIpc) is 2.35. The lowest BCUT2D eigenvalue weighted by atomic mass is 9.89. The number of hydrogen-bond donors (Lipinski definition) is 1. The molecular formula is C17H20O. The summed E-state index contributed by atoms with van der Waals surface area (Å²) >= 11 is 0. The van der Waals surface area contributed by atoms with Gasteiger partial charge in [-0.2, -0.15) is 0 Å². The van der Waals surface area contributed by atoms with Crippen molar-refractivity contribution in [1.82, 2.24) is 0 Å². The standard InChI is InChI=1S/C17H20O/c1-11(2)14-7-5-6-8-15(14)17-13(4)12(3)9-10-16(17)18/h5-11,18H,1-4H3. The Bertz CT molecular complexity index is 568. The highest BCUT2D eigenvalue weighted by Crippen LogP contribution is 2.38. The topological polar surface area (TPSA) is 20.2 Å². The van der Waals surface area contributed by atoms with Gasteiger partial charge in [0.05, 0.1) is 0 Å². The van der Waals surface area contributed by atoms with Crippen molar-refractivity contribution >= 4 is 0 Å². The van der Waals surface area contributed by atoms with Crippen molar-refractivity contribution in [1.29, 1.82) is 0 Å². The SMILES string of the molecule is Cc1ccc(O)c(-c2ccccc2C(C)C)c1C. The first-order chi connectivity index (χ1) is 8.52. The number of aromatic hydroxyl groups is 1. The maximum Gasteiger partial charge on any atom is 0.123 e. The third kappa shape index (κ3) is 2.13. The molecule has 0 aliphatic rings. The molecule has 1 nitrogen and oxygen atoms in total. The van der Waals surface area contributed by atoms with E-state index in [0.717, 1.165) is 16.7 Å². The quantitative estimate of drug-likeness (QED) is 0.799. The van der Waals surface area contributed by atoms with Crippen LogP contribution in [0, 0.1) is 13.8 Å². The summed E-state index contributed by atoms with van der Waals surface area (Å²) in [6.07, 6.45) is 0. The van der Waals surface area contributed by atoms with Crippen LogP contribution in [0.2, 0.25) is 0 Å². The summed E-state index contributed by atoms with van der Waals surface area (Å²) in [5.41, 5.74) is 5.76. The first-order valence-electron chi connectivity index (χ1n) is 6.41. The molecule has 0 saturated carbocycles. The number of rotatable bonds is 2. The minimum atomic E-state index is 0.367. The summed E-state index contributed by atoms with van der Waals surface area (Å²) in [6, 6.07) is 12.1. The van der Waals surface area contributed by atoms with Gasteiger partial charge >= 0.3 is 0 Å². The van der Waals surface area contributed by atoms with Gasteiger partial charge in [0.15, 0.2) is 0 Å². The molecule has 0 fully saturated rings. The fourth-order valence-electron chi connectivity index (χ4n) is 2.37. The predicted octanol–water partition coefficient (Wildman–Crippen LogP) is 4.80. The highest BCUT2D eigenvalue weighted by molar-refractivity contribution is 5.77. The van der Waals surface area contributed by atoms with Crippen LogP contribution in [0.5, 0.6) is 5.75 Å². The summed E-state index contributed by atoms with van der Waals surface area (Å²) in [7, 11) is 0. The van der Waals surface area contributed by atoms with Crippen molar-refractivity contribution in [3.63, 3.8) is 0 Å². The first-order valence-corrected chi connectivity index (χ1v) is 6.41. The van der Waals surface area contributed by atoms with E-state index in [-0.39, 0.29) is 0 Å². The predicted molar refractivity (Wildman–Crippen MR) is 77.1 cm³/mol. The number of aryl methyl sites for hydroxylation is 1. The van der Waals surface area contributed by atoms with Gasteiger partial charge < -0.3 is 5.11 Å². The number of hydrogen-bond acceptors (Lipinski definition) is 1. The molecule has 0 atom stereocenters. The van der Waals surface area contributed by atoms with E-state index in [1.807, 2.05) is 12.1 Å². The zero-order valence-electron chi connectivity index (χ0n) is 11.5. The fraction of sp³-hybridized carbons (Fsp3) is 0.294. The van der Waals surface area contributed by atoms with Gasteiger partial charge in [-0.25, -0.2) is 0 Å². The van der Waals surface area contributed by atoms with Crippen LogP contribution in [-0.2, 0) is 0 Å². The molecule has 0 unspecified atom stereocenters. The Balaban J connectivity index is 2.73. The lowest BCUT2D eigenvalue weighted by Crippen LogP contribution is -1.95. The van der Waals surface area contributed by atoms with E-state index < -0.39 is 0 Å². The fourth-order valence-corrected chi connectivity index (χ4v) is 2.37. The van der Waals surface area contributed by atoms with Gasteiger partial charge in [0.25, 0.3) is 0 Å². The summed E-state index contributed by atoms with van der Waals surface area (Å²) in [5, 5.41) is 10.2. The minimum Gasteiger partial charge on any atom is -0.507 e. The second-order valence-electron chi connectivity index (χ2n) is 5.14. The van der Waals surface area contributed by atoms with Crippen LogP contribution in [0.3, 0.4) is 0 Å². The van der Waals surface area contributed by atoms with E-state index >= 15 is 0 Å². The van der Waals surface area contributed by atoms with E-state index in [0.29, 0.717) is 11.7 Å². The molecule has 1 heteroatoms. The second kappa shape index (κ2) is 4.85. The van der Waals surface area contributed by atoms with Crippen molar-refractivity contribution in [3.05, 3.63) is 53.1 Å². The Morgan fingerprint density at radius 1 is 0.944 bits per heavy atom. The maximum atomic E-state index is 10.2. The first kappa shape index (κ1) is 12.7. The average molecular weight is 240 g/mol. The summed E-state index contributed by atoms with van der Waals surface area (Å²) in [6.45, 7) is 8.51. The van der Waals surface area contributed by atoms with Gasteiger partial charge in [0.1, 0.15) is 5.75 Å². The molecule has 2 aromatic carbocycles. The summed E-state index contributed by atoms with van der Waals surface area (Å²) < 4.78 is 0. The van der Waals surface area contributed by atoms with Crippen molar-refractivity contribution in [2.45, 2.75) is 33.6 Å². The highest BCUT2D eigenvalue weighted by atomic mass is 16.3. The van der Waals surface area contributed by atoms with Gasteiger partial charge in [-0.05, 0) is 48.1 Å². The molecule has 2 rings (SSSR count). The smallest absolute Gasteiger partial charge is 0.123 e. The zero-order valence-corrected chi connectivity index (χ0v) is 11.5. The molecule has 0 spiro atoms. The Morgan fingerprint density at radius 2 is 1.61 bits per heavy atom. The molecule has 0 heterocycles. The van der Waals surface area contributed by atoms with Crippen molar-refractivity contribution in [2.75, 3.05) is 0 Å². The Hall–Kier alpha value is -1.76. The summed E-state index contributed by atoms with van der Waals surface area (Å²) in [5.74, 6) is 0.812. The zero-order chi connectivity index (χ0) is 13.3. The Kier molecular flexibility index (Phi) is 3.42. The van der Waals surface area contributed by atoms with Crippen molar-refractivity contribution < 1.29 is 5.11 Å². The number of phenols is 1. The molecule has 2 aromatic rings. The highest BCUT2D eigenvalue weighted by Gasteiger charge is 2.14. The van der Waals surface area contributed by atoms with Crippen LogP contribution in [-0.4, -0.2) is 5.11 Å². The molecule has 0 aromatic heterocycles. The molecule has 18 heavy (non-hydrogen) atoms. The molecule has 0 aliphatic carbocycles. The van der Waals surface area contributed by atoms with Crippen LogP contribution in [0.1, 0.15) is 36.5 Å². The lowest BCUT2D eigenvalue weighted by molar-refractivity contribution is 0.476. The molecule has 0 saturated heterocycles. The molecule has 0 amide bonds. The van der Waals surface area contributed by atoms with Crippen molar-refractivity contribution in [3.8, 4) is 16.9 Å². The maximum absolute atomic E-state index is 10.2. The molecular weight excluding hydrogens is 220 g/mol. The van der Waals surface area contributed by atoms with Crippen LogP contribution >= 0.6 is 0 Å². The van der Waals surface area contributed by atoms with Crippen molar-refractivity contribution in [2.24, 2.45) is 0 Å². The van der Waals surface area contributed by atoms with Gasteiger partial charge in [-0.15, -0.1) is 0 Å². The molecule has 0 bridgehead atoms. The number of phenolic OH excluding ortho intramolecular Hbond substituents is 1. The Morgan fingerprint density at radius 3 is 2.28 bits per heavy atom. The van der Waals surface area contributed by atoms with E-state index in [9.17, 15) is 5.11 Å². The minimum absolute atomic E-state index is 0.367. The second-order valence-corrected chi connectivity index (χ2v) is 5.14. The third-order valence-electron chi connectivity index (χ3n) is 3.57. The van der Waals surface area contributed by atoms with Crippen LogP contribution in [0.4, 0.5) is 0 Å². The van der Waals surface area contributed by atoms with Gasteiger partial charge in [0.2, 0.25) is 0 Å². The normalized spacial score (nSPS) is 10.9. The van der Waals surface area contributed by atoms with Gasteiger partial charge in [-0.3, -0.25) is 0 Å². The van der Waals surface area contributed by atoms with E-state index in [4.69, 9.17) is 0 Å². The monoisotopic (exact) mass is 240 g/mol. The molecule has 0 radical (unpaired) electrons. The number of benzene rings is 2. The molecule has 1 N–H and O–H groups in total. The summed E-state index contributed by atoms with van der Waals surface area (Å²) in [4.78, 5) is 0. The molecule has 0 aliphatic heterocycles. The van der Waals surface area contributed by atoms with Crippen LogP contribution < -0.4 is 0 Å². The van der Waals surface area contributed by atoms with E-state index in [1.54, 1.807) is 6.07 Å². The molecule has 94 valence electrons. The van der Waals surface area contributed by atoms with Crippen LogP contribution in [0.25, 0.3) is 11.1 Å². The van der Waals surface area contributed by atoms with E-state index in [1.165, 1.54) is 11.1 Å². The lowest BCUT2D eigenvalue weighted by Gasteiger charge is -2.17. The van der Waals surface area contributed by atoms with Gasteiger partial charge in [0, 0.05) is 5.56 Å². The Labute approximate surface area is 109 Å². The largest absolute Gasteiger partial charge is 0.507 e. The van der Waals surface area contributed by atoms with E-state index in [2.05, 4.69) is 45.9 Å². The third-order valence-corrected chi connectivity index (χ3v) is 3.57. The van der Waals surface area contributed by atoms with Crippen LogP contribution in [0.15, 0.2) is 36.4 Å². The van der Waals surface area contributed by atoms with Gasteiger partial charge in [-0.1, -0.05) is 44.2 Å².